The molecule has 0 aromatic heterocycles. The number of aliphatic hydroxyl groups is 1. The maximum Gasteiger partial charge on any atom is 0.410 e. The Balaban J connectivity index is 1.52. The van der Waals surface area contributed by atoms with Crippen molar-refractivity contribution in [2.75, 3.05) is 46.0 Å². The summed E-state index contributed by atoms with van der Waals surface area (Å²) in [7, 11) is 3.15. The van der Waals surface area contributed by atoms with Crippen LogP contribution >= 0.6 is 0 Å². The summed E-state index contributed by atoms with van der Waals surface area (Å²) in [6, 6.07) is 21.8. The number of carbonyl (C=O) groups is 2. The molecule has 0 unspecified atom stereocenters. The molecule has 10 nitrogen and oxygen atoms in total. The van der Waals surface area contributed by atoms with Crippen molar-refractivity contribution in [2.45, 2.75) is 45.3 Å². The lowest BCUT2D eigenvalue weighted by molar-refractivity contribution is -0.115. The lowest BCUT2D eigenvalue weighted by Gasteiger charge is -2.29. The first-order valence-electron chi connectivity index (χ1n) is 14.1. The van der Waals surface area contributed by atoms with Crippen LogP contribution in [0.25, 0.3) is 0 Å². The minimum absolute atomic E-state index is 0.0114. The van der Waals surface area contributed by atoms with E-state index >= 15 is 0 Å². The van der Waals surface area contributed by atoms with Crippen LogP contribution in [0.2, 0.25) is 0 Å². The number of benzene rings is 3. The van der Waals surface area contributed by atoms with Gasteiger partial charge in [-0.05, 0) is 86.8 Å². The average Bonchev–Trinajstić information content (AvgIpc) is 2.97. The van der Waals surface area contributed by atoms with Crippen LogP contribution in [0.1, 0.15) is 31.9 Å². The SMILES string of the molecule is COCOc1ccc(OC[C@@H](O)CN(CCc2ccc(NC(=O)Cc3ccc(OC)cc3)cc2)C(=O)OC(C)(C)C)cc1. The molecule has 3 aromatic carbocycles. The largest absolute Gasteiger partial charge is 0.497 e. The Morgan fingerprint density at radius 2 is 1.42 bits per heavy atom. The van der Waals surface area contributed by atoms with Gasteiger partial charge in [0.15, 0.2) is 6.79 Å². The molecule has 232 valence electrons. The summed E-state index contributed by atoms with van der Waals surface area (Å²) < 4.78 is 26.7. The summed E-state index contributed by atoms with van der Waals surface area (Å²) in [5, 5.41) is 13.6. The first kappa shape index (κ1) is 33.2. The number of methoxy groups -OCH3 is 2. The lowest BCUT2D eigenvalue weighted by Crippen LogP contribution is -2.43. The van der Waals surface area contributed by atoms with Gasteiger partial charge in [0.25, 0.3) is 0 Å². The molecule has 10 heteroatoms. The highest BCUT2D eigenvalue weighted by Gasteiger charge is 2.24. The van der Waals surface area contributed by atoms with Crippen LogP contribution in [0, 0.1) is 0 Å². The van der Waals surface area contributed by atoms with Gasteiger partial charge in [0.2, 0.25) is 5.91 Å². The molecule has 0 heterocycles. The maximum atomic E-state index is 12.9. The zero-order valence-electron chi connectivity index (χ0n) is 25.5. The molecule has 43 heavy (non-hydrogen) atoms. The van der Waals surface area contributed by atoms with Gasteiger partial charge in [-0.2, -0.15) is 0 Å². The molecule has 0 radical (unpaired) electrons. The molecule has 0 aliphatic carbocycles. The van der Waals surface area contributed by atoms with Gasteiger partial charge >= 0.3 is 6.09 Å². The molecule has 0 spiro atoms. The number of aliphatic hydroxyl groups excluding tert-OH is 1. The van der Waals surface area contributed by atoms with Crippen molar-refractivity contribution in [2.24, 2.45) is 0 Å². The van der Waals surface area contributed by atoms with Crippen LogP contribution in [0.15, 0.2) is 72.8 Å². The summed E-state index contributed by atoms with van der Waals surface area (Å²) in [5.41, 5.74) is 1.84. The number of amides is 2. The Bertz CT molecular complexity index is 1270. The van der Waals surface area contributed by atoms with E-state index in [9.17, 15) is 14.7 Å². The first-order valence-corrected chi connectivity index (χ1v) is 14.1. The van der Waals surface area contributed by atoms with Crippen molar-refractivity contribution in [1.29, 1.82) is 0 Å². The van der Waals surface area contributed by atoms with E-state index in [-0.39, 0.29) is 32.3 Å². The number of nitrogens with one attached hydrogen (secondary N) is 1. The zero-order valence-corrected chi connectivity index (χ0v) is 25.5. The third-order valence-electron chi connectivity index (χ3n) is 6.12. The van der Waals surface area contributed by atoms with Gasteiger partial charge in [0, 0.05) is 19.3 Å². The average molecular weight is 595 g/mol. The van der Waals surface area contributed by atoms with E-state index in [1.54, 1.807) is 59.3 Å². The van der Waals surface area contributed by atoms with Gasteiger partial charge in [0.1, 0.15) is 35.6 Å². The Kier molecular flexibility index (Phi) is 12.7. The lowest BCUT2D eigenvalue weighted by atomic mass is 10.1. The number of carbonyl (C=O) groups excluding carboxylic acids is 2. The minimum atomic E-state index is -0.944. The Labute approximate surface area is 253 Å². The molecule has 0 saturated heterocycles. The molecule has 3 aromatic rings. The van der Waals surface area contributed by atoms with E-state index in [0.29, 0.717) is 30.2 Å². The van der Waals surface area contributed by atoms with Gasteiger partial charge in [-0.1, -0.05) is 24.3 Å². The second kappa shape index (κ2) is 16.4. The zero-order chi connectivity index (χ0) is 31.2. The Morgan fingerprint density at radius 3 is 2.00 bits per heavy atom. The van der Waals surface area contributed by atoms with Crippen LogP contribution in [-0.2, 0) is 27.1 Å². The fourth-order valence-corrected chi connectivity index (χ4v) is 3.99. The second-order valence-corrected chi connectivity index (χ2v) is 10.9. The monoisotopic (exact) mass is 594 g/mol. The molecule has 0 fully saturated rings. The van der Waals surface area contributed by atoms with E-state index in [4.69, 9.17) is 23.7 Å². The number of hydrogen-bond donors (Lipinski definition) is 2. The summed E-state index contributed by atoms with van der Waals surface area (Å²) in [4.78, 5) is 26.9. The van der Waals surface area contributed by atoms with Gasteiger partial charge < -0.3 is 39.0 Å². The summed E-state index contributed by atoms with van der Waals surface area (Å²) in [6.07, 6.45) is -0.694. The highest BCUT2D eigenvalue weighted by atomic mass is 16.7. The third-order valence-corrected chi connectivity index (χ3v) is 6.12. The minimum Gasteiger partial charge on any atom is -0.497 e. The topological polar surface area (TPSA) is 116 Å². The number of nitrogens with zero attached hydrogens (tertiary/aromatic N) is 1. The molecule has 1 atom stereocenters. The normalized spacial score (nSPS) is 11.8. The van der Waals surface area contributed by atoms with Crippen molar-refractivity contribution in [3.8, 4) is 17.2 Å². The molecule has 2 amide bonds. The molecular weight excluding hydrogens is 552 g/mol. The molecule has 0 aliphatic rings. The second-order valence-electron chi connectivity index (χ2n) is 10.9. The molecule has 0 saturated carbocycles. The van der Waals surface area contributed by atoms with E-state index in [1.165, 1.54) is 4.90 Å². The maximum absolute atomic E-state index is 12.9. The standard InChI is InChI=1S/C33H42N2O8/c1-33(2,3)43-32(38)35(21-27(36)22-41-29-14-16-30(17-15-29)42-23-39-4)19-18-24-6-10-26(11-7-24)34-31(37)20-25-8-12-28(40-5)13-9-25/h6-17,27,36H,18-23H2,1-5H3,(H,34,37)/t27-/m0/s1. The predicted octanol–water partition coefficient (Wildman–Crippen LogP) is 5.08. The first-order chi connectivity index (χ1) is 20.5. The Morgan fingerprint density at radius 1 is 0.837 bits per heavy atom. The fraction of sp³-hybridized carbons (Fsp3) is 0.394. The van der Waals surface area contributed by atoms with Crippen molar-refractivity contribution in [1.82, 2.24) is 4.90 Å². The number of rotatable bonds is 15. The summed E-state index contributed by atoms with van der Waals surface area (Å²) in [6.45, 7) is 5.87. The number of ether oxygens (including phenoxy) is 5. The van der Waals surface area contributed by atoms with Crippen molar-refractivity contribution in [3.63, 3.8) is 0 Å². The van der Waals surface area contributed by atoms with Gasteiger partial charge in [-0.3, -0.25) is 4.79 Å². The van der Waals surface area contributed by atoms with Crippen LogP contribution < -0.4 is 19.5 Å². The predicted molar refractivity (Wildman–Crippen MR) is 164 cm³/mol. The van der Waals surface area contributed by atoms with Crippen molar-refractivity contribution in [3.05, 3.63) is 83.9 Å². The van der Waals surface area contributed by atoms with Crippen molar-refractivity contribution >= 4 is 17.7 Å². The number of hydrogen-bond acceptors (Lipinski definition) is 8. The highest BCUT2D eigenvalue weighted by molar-refractivity contribution is 5.92. The van der Waals surface area contributed by atoms with E-state index in [1.807, 2.05) is 48.5 Å². The van der Waals surface area contributed by atoms with E-state index in [2.05, 4.69) is 5.32 Å². The highest BCUT2D eigenvalue weighted by Crippen LogP contribution is 2.19. The molecular formula is C33H42N2O8. The Hall–Kier alpha value is -4.28. The smallest absolute Gasteiger partial charge is 0.410 e. The summed E-state index contributed by atoms with van der Waals surface area (Å²) in [5.74, 6) is 1.81. The van der Waals surface area contributed by atoms with Crippen LogP contribution in [0.5, 0.6) is 17.2 Å². The summed E-state index contributed by atoms with van der Waals surface area (Å²) >= 11 is 0. The quantitative estimate of drug-likeness (QED) is 0.234. The van der Waals surface area contributed by atoms with E-state index in [0.717, 1.165) is 16.9 Å². The van der Waals surface area contributed by atoms with Gasteiger partial charge in [-0.25, -0.2) is 4.79 Å². The fourth-order valence-electron chi connectivity index (χ4n) is 3.99. The van der Waals surface area contributed by atoms with Crippen molar-refractivity contribution < 1.29 is 38.4 Å². The third kappa shape index (κ3) is 12.2. The molecule has 2 N–H and O–H groups in total. The molecule has 0 bridgehead atoms. The van der Waals surface area contributed by atoms with Gasteiger partial charge in [-0.15, -0.1) is 0 Å². The van der Waals surface area contributed by atoms with E-state index < -0.39 is 17.8 Å². The van der Waals surface area contributed by atoms with Crippen LogP contribution in [0.4, 0.5) is 10.5 Å². The molecule has 3 rings (SSSR count). The van der Waals surface area contributed by atoms with Gasteiger partial charge in [0.05, 0.1) is 20.1 Å². The number of anilines is 1. The molecule has 0 aliphatic heterocycles. The van der Waals surface area contributed by atoms with Crippen LogP contribution in [0.3, 0.4) is 0 Å². The van der Waals surface area contributed by atoms with Crippen LogP contribution in [-0.4, -0.2) is 74.4 Å².